The molecule has 1 saturated carbocycles. The summed E-state index contributed by atoms with van der Waals surface area (Å²) in [4.78, 5) is 8.47. The van der Waals surface area contributed by atoms with Crippen molar-refractivity contribution in [2.24, 2.45) is 10.7 Å². The SMILES string of the molecule is NC(=NC1CCC1)NC(=S)NCc1ncccc1Cl. The molecule has 1 aliphatic rings. The highest BCUT2D eigenvalue weighted by Gasteiger charge is 2.16. The van der Waals surface area contributed by atoms with E-state index in [2.05, 4.69) is 20.6 Å². The first-order chi connectivity index (χ1) is 9.15. The summed E-state index contributed by atoms with van der Waals surface area (Å²) in [5, 5.41) is 6.86. The largest absolute Gasteiger partial charge is 0.370 e. The molecule has 0 amide bonds. The molecule has 0 saturated heterocycles. The summed E-state index contributed by atoms with van der Waals surface area (Å²) in [6.45, 7) is 0.447. The van der Waals surface area contributed by atoms with Gasteiger partial charge in [0.25, 0.3) is 0 Å². The summed E-state index contributed by atoms with van der Waals surface area (Å²) >= 11 is 11.1. The average Bonchev–Trinajstić information content (AvgIpc) is 2.33. The summed E-state index contributed by atoms with van der Waals surface area (Å²) in [6, 6.07) is 3.92. The summed E-state index contributed by atoms with van der Waals surface area (Å²) < 4.78 is 0. The van der Waals surface area contributed by atoms with Crippen molar-refractivity contribution in [2.45, 2.75) is 31.8 Å². The van der Waals surface area contributed by atoms with Crippen LogP contribution in [0, 0.1) is 0 Å². The number of nitrogens with zero attached hydrogens (tertiary/aromatic N) is 2. The molecule has 7 heteroatoms. The van der Waals surface area contributed by atoms with Crippen molar-refractivity contribution in [3.63, 3.8) is 0 Å². The molecule has 1 aromatic heterocycles. The van der Waals surface area contributed by atoms with Crippen LogP contribution in [0.3, 0.4) is 0 Å². The standard InChI is InChI=1S/C12H16ClN5S/c13-9-5-2-6-15-10(9)7-16-12(19)18-11(14)17-8-3-1-4-8/h2,5-6,8H,1,3-4,7H2,(H4,14,16,17,18,19). The molecule has 1 aromatic rings. The van der Waals surface area contributed by atoms with Gasteiger partial charge in [-0.1, -0.05) is 11.6 Å². The number of nitrogens with one attached hydrogen (secondary N) is 2. The number of hydrogen-bond acceptors (Lipinski definition) is 3. The Morgan fingerprint density at radius 2 is 2.37 bits per heavy atom. The smallest absolute Gasteiger partial charge is 0.195 e. The summed E-state index contributed by atoms with van der Waals surface area (Å²) in [5.74, 6) is 0.356. The third-order valence-electron chi connectivity index (χ3n) is 2.89. The molecule has 1 heterocycles. The Kier molecular flexibility index (Phi) is 4.93. The number of thiocarbonyl (C=S) groups is 1. The molecule has 0 radical (unpaired) electrons. The molecule has 19 heavy (non-hydrogen) atoms. The van der Waals surface area contributed by atoms with Crippen LogP contribution in [0.2, 0.25) is 5.02 Å². The predicted octanol–water partition coefficient (Wildman–Crippen LogP) is 1.57. The molecule has 0 spiro atoms. The van der Waals surface area contributed by atoms with Gasteiger partial charge in [0.2, 0.25) is 0 Å². The van der Waals surface area contributed by atoms with Crippen LogP contribution in [0.15, 0.2) is 23.3 Å². The first-order valence-corrected chi connectivity index (χ1v) is 6.91. The molecular weight excluding hydrogens is 282 g/mol. The lowest BCUT2D eigenvalue weighted by atomic mass is 9.94. The van der Waals surface area contributed by atoms with Gasteiger partial charge in [-0.15, -0.1) is 0 Å². The Bertz CT molecular complexity index is 487. The Labute approximate surface area is 122 Å². The highest BCUT2D eigenvalue weighted by atomic mass is 35.5. The third kappa shape index (κ3) is 4.33. The van der Waals surface area contributed by atoms with Gasteiger partial charge in [-0.3, -0.25) is 4.98 Å². The molecule has 1 aliphatic carbocycles. The number of aliphatic imine (C=N–C) groups is 1. The van der Waals surface area contributed by atoms with Gasteiger partial charge in [0.05, 0.1) is 23.3 Å². The molecular formula is C12H16ClN5S. The van der Waals surface area contributed by atoms with E-state index in [1.165, 1.54) is 6.42 Å². The molecule has 0 atom stereocenters. The van der Waals surface area contributed by atoms with Crippen LogP contribution in [-0.2, 0) is 6.54 Å². The van der Waals surface area contributed by atoms with Gasteiger partial charge in [0.15, 0.2) is 11.1 Å². The Balaban J connectivity index is 1.78. The van der Waals surface area contributed by atoms with Gasteiger partial charge in [0.1, 0.15) is 0 Å². The van der Waals surface area contributed by atoms with Crippen LogP contribution in [-0.4, -0.2) is 22.1 Å². The molecule has 102 valence electrons. The summed E-state index contributed by atoms with van der Waals surface area (Å²) in [5.41, 5.74) is 6.49. The molecule has 0 aromatic carbocycles. The Hall–Kier alpha value is -1.40. The van der Waals surface area contributed by atoms with Gasteiger partial charge < -0.3 is 16.4 Å². The Morgan fingerprint density at radius 3 is 3.00 bits per heavy atom. The fourth-order valence-corrected chi connectivity index (χ4v) is 1.98. The predicted molar refractivity (Wildman–Crippen MR) is 81.1 cm³/mol. The quantitative estimate of drug-likeness (QED) is 0.448. The lowest BCUT2D eigenvalue weighted by Crippen LogP contribution is -2.44. The van der Waals surface area contributed by atoms with Gasteiger partial charge in [-0.2, -0.15) is 0 Å². The minimum atomic E-state index is 0.348. The van der Waals surface area contributed by atoms with Crippen LogP contribution in [0.1, 0.15) is 25.0 Å². The van der Waals surface area contributed by atoms with Gasteiger partial charge in [0, 0.05) is 6.20 Å². The summed E-state index contributed by atoms with van der Waals surface area (Å²) in [6.07, 6.45) is 5.12. The van der Waals surface area contributed by atoms with Crippen molar-refractivity contribution in [1.82, 2.24) is 15.6 Å². The van der Waals surface area contributed by atoms with Crippen molar-refractivity contribution in [2.75, 3.05) is 0 Å². The minimum Gasteiger partial charge on any atom is -0.370 e. The van der Waals surface area contributed by atoms with Crippen LogP contribution < -0.4 is 16.4 Å². The van der Waals surface area contributed by atoms with E-state index in [-0.39, 0.29) is 0 Å². The second-order valence-corrected chi connectivity index (χ2v) is 5.15. The zero-order valence-electron chi connectivity index (χ0n) is 10.4. The lowest BCUT2D eigenvalue weighted by Gasteiger charge is -2.21. The highest BCUT2D eigenvalue weighted by Crippen LogP contribution is 2.21. The van der Waals surface area contributed by atoms with E-state index in [9.17, 15) is 0 Å². The number of aromatic nitrogens is 1. The molecule has 4 N–H and O–H groups in total. The maximum absolute atomic E-state index is 5.99. The van der Waals surface area contributed by atoms with Crippen LogP contribution >= 0.6 is 23.8 Å². The normalized spacial score (nSPS) is 15.7. The van der Waals surface area contributed by atoms with Crippen molar-refractivity contribution in [3.05, 3.63) is 29.0 Å². The van der Waals surface area contributed by atoms with Crippen molar-refractivity contribution < 1.29 is 0 Å². The molecule has 0 bridgehead atoms. The fourth-order valence-electron chi connectivity index (χ4n) is 1.62. The van der Waals surface area contributed by atoms with Gasteiger partial charge in [-0.05, 0) is 43.6 Å². The zero-order chi connectivity index (χ0) is 13.7. The Morgan fingerprint density at radius 1 is 1.58 bits per heavy atom. The highest BCUT2D eigenvalue weighted by molar-refractivity contribution is 7.80. The zero-order valence-corrected chi connectivity index (χ0v) is 12.0. The number of rotatable bonds is 3. The maximum Gasteiger partial charge on any atom is 0.195 e. The molecule has 0 unspecified atom stereocenters. The second kappa shape index (κ2) is 6.68. The number of nitrogens with two attached hydrogens (primary N) is 1. The monoisotopic (exact) mass is 297 g/mol. The van der Waals surface area contributed by atoms with E-state index in [1.807, 2.05) is 0 Å². The number of guanidine groups is 1. The van der Waals surface area contributed by atoms with E-state index in [0.717, 1.165) is 18.5 Å². The maximum atomic E-state index is 5.99. The number of hydrogen-bond donors (Lipinski definition) is 3. The van der Waals surface area contributed by atoms with Crippen molar-refractivity contribution >= 4 is 34.9 Å². The van der Waals surface area contributed by atoms with Crippen molar-refractivity contribution in [3.8, 4) is 0 Å². The van der Waals surface area contributed by atoms with Gasteiger partial charge >= 0.3 is 0 Å². The number of pyridine rings is 1. The van der Waals surface area contributed by atoms with Gasteiger partial charge in [-0.25, -0.2) is 4.99 Å². The van der Waals surface area contributed by atoms with Crippen LogP contribution in [0.4, 0.5) is 0 Å². The summed E-state index contributed by atoms with van der Waals surface area (Å²) in [7, 11) is 0. The molecule has 0 aliphatic heterocycles. The van der Waals surface area contributed by atoms with E-state index in [1.54, 1.807) is 18.3 Å². The first kappa shape index (κ1) is 14.0. The average molecular weight is 298 g/mol. The molecule has 1 fully saturated rings. The first-order valence-electron chi connectivity index (χ1n) is 6.12. The molecule has 2 rings (SSSR count). The number of halogens is 1. The van der Waals surface area contributed by atoms with Crippen LogP contribution in [0.5, 0.6) is 0 Å². The lowest BCUT2D eigenvalue weighted by molar-refractivity contribution is 0.419. The van der Waals surface area contributed by atoms with E-state index in [4.69, 9.17) is 29.6 Å². The van der Waals surface area contributed by atoms with E-state index in [0.29, 0.717) is 28.7 Å². The third-order valence-corrected chi connectivity index (χ3v) is 3.48. The van der Waals surface area contributed by atoms with E-state index < -0.39 is 0 Å². The van der Waals surface area contributed by atoms with Crippen molar-refractivity contribution in [1.29, 1.82) is 0 Å². The van der Waals surface area contributed by atoms with Crippen LogP contribution in [0.25, 0.3) is 0 Å². The fraction of sp³-hybridized carbons (Fsp3) is 0.417. The molecule has 5 nitrogen and oxygen atoms in total. The van der Waals surface area contributed by atoms with E-state index >= 15 is 0 Å². The minimum absolute atomic E-state index is 0.348. The second-order valence-electron chi connectivity index (χ2n) is 4.34. The topological polar surface area (TPSA) is 75.3 Å².